The van der Waals surface area contributed by atoms with Gasteiger partial charge in [0.15, 0.2) is 0 Å². The van der Waals surface area contributed by atoms with E-state index in [1.165, 1.54) is 7.11 Å². The van der Waals surface area contributed by atoms with E-state index in [2.05, 4.69) is 15.6 Å². The zero-order valence-corrected chi connectivity index (χ0v) is 12.7. The largest absolute Gasteiger partial charge is 0.469 e. The van der Waals surface area contributed by atoms with Crippen LogP contribution >= 0.6 is 0 Å². The van der Waals surface area contributed by atoms with Crippen LogP contribution in [0.15, 0.2) is 24.5 Å². The lowest BCUT2D eigenvalue weighted by molar-refractivity contribution is -0.146. The van der Waals surface area contributed by atoms with Crippen LogP contribution in [-0.2, 0) is 16.1 Å². The number of methoxy groups -OCH3 is 1. The summed E-state index contributed by atoms with van der Waals surface area (Å²) in [6.07, 6.45) is 7.51. The number of aromatic nitrogens is 2. The summed E-state index contributed by atoms with van der Waals surface area (Å²) >= 11 is 0. The Morgan fingerprint density at radius 1 is 1.45 bits per heavy atom. The van der Waals surface area contributed by atoms with Gasteiger partial charge >= 0.3 is 5.97 Å². The van der Waals surface area contributed by atoms with Crippen LogP contribution in [0.1, 0.15) is 31.2 Å². The molecule has 0 atom stereocenters. The summed E-state index contributed by atoms with van der Waals surface area (Å²) in [6, 6.07) is 6.01. The third kappa shape index (κ3) is 2.82. The summed E-state index contributed by atoms with van der Waals surface area (Å²) in [5.74, 6) is 0.546. The molecule has 5 nitrogen and oxygen atoms in total. The van der Waals surface area contributed by atoms with E-state index >= 15 is 0 Å². The number of nitrogens with zero attached hydrogens (tertiary/aromatic N) is 3. The van der Waals surface area contributed by atoms with Gasteiger partial charge in [0.2, 0.25) is 0 Å². The minimum atomic E-state index is -0.0762. The SMILES string of the molecule is COC(=O)[C@H]1CC[C@H](Cn2ccc3ncc(C#N)cc32)CC1. The lowest BCUT2D eigenvalue weighted by Crippen LogP contribution is -2.24. The number of hydrogen-bond donors (Lipinski definition) is 0. The van der Waals surface area contributed by atoms with Crippen LogP contribution in [0.5, 0.6) is 0 Å². The Hall–Kier alpha value is -2.35. The Bertz CT molecular complexity index is 721. The maximum Gasteiger partial charge on any atom is 0.308 e. The van der Waals surface area contributed by atoms with Crippen molar-refractivity contribution >= 4 is 17.0 Å². The quantitative estimate of drug-likeness (QED) is 0.817. The first-order valence-electron chi connectivity index (χ1n) is 7.64. The van der Waals surface area contributed by atoms with Crippen molar-refractivity contribution in [2.24, 2.45) is 11.8 Å². The Morgan fingerprint density at radius 3 is 2.91 bits per heavy atom. The first-order valence-corrected chi connectivity index (χ1v) is 7.64. The molecule has 2 aromatic heterocycles. The standard InChI is InChI=1S/C17H19N3O2/c1-22-17(21)14-4-2-12(3-5-14)11-20-7-6-15-16(20)8-13(9-18)10-19-15/h6-8,10,12,14H,2-5,11H2,1H3/t12-,14-. The molecule has 5 heteroatoms. The molecular formula is C17H19N3O2. The maximum atomic E-state index is 11.6. The van der Waals surface area contributed by atoms with Crippen LogP contribution in [0.2, 0.25) is 0 Å². The predicted octanol–water partition coefficient (Wildman–Crippen LogP) is 2.89. The van der Waals surface area contributed by atoms with Gasteiger partial charge < -0.3 is 9.30 Å². The molecule has 114 valence electrons. The average molecular weight is 297 g/mol. The number of ether oxygens (including phenoxy) is 1. The molecule has 0 aromatic carbocycles. The van der Waals surface area contributed by atoms with Gasteiger partial charge in [0.25, 0.3) is 0 Å². The van der Waals surface area contributed by atoms with Crippen molar-refractivity contribution in [3.63, 3.8) is 0 Å². The second-order valence-electron chi connectivity index (χ2n) is 5.95. The van der Waals surface area contributed by atoms with Crippen molar-refractivity contribution in [1.82, 2.24) is 9.55 Å². The summed E-state index contributed by atoms with van der Waals surface area (Å²) in [7, 11) is 1.46. The van der Waals surface area contributed by atoms with Gasteiger partial charge in [-0.25, -0.2) is 0 Å². The third-order valence-electron chi connectivity index (χ3n) is 4.58. The van der Waals surface area contributed by atoms with Crippen molar-refractivity contribution in [3.05, 3.63) is 30.1 Å². The zero-order valence-electron chi connectivity index (χ0n) is 12.7. The van der Waals surface area contributed by atoms with Crippen molar-refractivity contribution in [1.29, 1.82) is 5.26 Å². The first-order chi connectivity index (χ1) is 10.7. The number of rotatable bonds is 3. The van der Waals surface area contributed by atoms with E-state index in [0.29, 0.717) is 11.5 Å². The molecule has 3 rings (SSSR count). The highest BCUT2D eigenvalue weighted by Gasteiger charge is 2.27. The normalized spacial score (nSPS) is 21.5. The lowest BCUT2D eigenvalue weighted by atomic mass is 9.82. The molecule has 2 aromatic rings. The molecule has 0 aliphatic heterocycles. The van der Waals surface area contributed by atoms with E-state index in [1.807, 2.05) is 18.3 Å². The Balaban J connectivity index is 1.70. The van der Waals surface area contributed by atoms with Gasteiger partial charge in [-0.2, -0.15) is 5.26 Å². The summed E-state index contributed by atoms with van der Waals surface area (Å²) in [4.78, 5) is 15.9. The van der Waals surface area contributed by atoms with Gasteiger partial charge in [-0.3, -0.25) is 9.78 Å². The van der Waals surface area contributed by atoms with E-state index < -0.39 is 0 Å². The van der Waals surface area contributed by atoms with Crippen molar-refractivity contribution in [2.75, 3.05) is 7.11 Å². The summed E-state index contributed by atoms with van der Waals surface area (Å²) in [6.45, 7) is 0.911. The molecule has 0 radical (unpaired) electrons. The van der Waals surface area contributed by atoms with E-state index in [4.69, 9.17) is 10.00 Å². The smallest absolute Gasteiger partial charge is 0.308 e. The molecule has 22 heavy (non-hydrogen) atoms. The number of pyridine rings is 1. The highest BCUT2D eigenvalue weighted by molar-refractivity contribution is 5.77. The van der Waals surface area contributed by atoms with Crippen molar-refractivity contribution < 1.29 is 9.53 Å². The number of hydrogen-bond acceptors (Lipinski definition) is 4. The Morgan fingerprint density at radius 2 is 2.23 bits per heavy atom. The lowest BCUT2D eigenvalue weighted by Gasteiger charge is -2.27. The highest BCUT2D eigenvalue weighted by atomic mass is 16.5. The zero-order chi connectivity index (χ0) is 15.5. The number of nitriles is 1. The van der Waals surface area contributed by atoms with E-state index in [-0.39, 0.29) is 11.9 Å². The van der Waals surface area contributed by atoms with E-state index in [0.717, 1.165) is 43.3 Å². The molecule has 0 amide bonds. The van der Waals surface area contributed by atoms with Gasteiger partial charge in [0.05, 0.1) is 29.6 Å². The van der Waals surface area contributed by atoms with E-state index in [1.54, 1.807) is 6.20 Å². The van der Waals surface area contributed by atoms with Gasteiger partial charge in [0, 0.05) is 18.9 Å². The third-order valence-corrected chi connectivity index (χ3v) is 4.58. The first kappa shape index (κ1) is 14.6. The molecular weight excluding hydrogens is 278 g/mol. The van der Waals surface area contributed by atoms with Crippen LogP contribution in [0, 0.1) is 23.2 Å². The molecule has 1 aliphatic rings. The second kappa shape index (κ2) is 6.18. The number of carbonyl (C=O) groups excluding carboxylic acids is 1. The van der Waals surface area contributed by atoms with Gasteiger partial charge in [-0.15, -0.1) is 0 Å². The fourth-order valence-electron chi connectivity index (χ4n) is 3.31. The van der Waals surface area contributed by atoms with Crippen LogP contribution < -0.4 is 0 Å². The molecule has 0 bridgehead atoms. The van der Waals surface area contributed by atoms with Crippen LogP contribution in [0.4, 0.5) is 0 Å². The maximum absolute atomic E-state index is 11.6. The molecule has 0 N–H and O–H groups in total. The summed E-state index contributed by atoms with van der Waals surface area (Å²) in [5.41, 5.74) is 2.51. The fraction of sp³-hybridized carbons (Fsp3) is 0.471. The molecule has 1 aliphatic carbocycles. The molecule has 0 unspecified atom stereocenters. The minimum Gasteiger partial charge on any atom is -0.469 e. The molecule has 1 saturated carbocycles. The fourth-order valence-corrected chi connectivity index (χ4v) is 3.31. The topological polar surface area (TPSA) is 67.9 Å². The average Bonchev–Trinajstić information content (AvgIpc) is 2.97. The van der Waals surface area contributed by atoms with Gasteiger partial charge in [-0.1, -0.05) is 0 Å². The Kier molecular flexibility index (Phi) is 4.10. The number of fused-ring (bicyclic) bond motifs is 1. The number of esters is 1. The number of carbonyl (C=O) groups is 1. The highest BCUT2D eigenvalue weighted by Crippen LogP contribution is 2.31. The van der Waals surface area contributed by atoms with Crippen molar-refractivity contribution in [3.8, 4) is 6.07 Å². The van der Waals surface area contributed by atoms with E-state index in [9.17, 15) is 4.79 Å². The van der Waals surface area contributed by atoms with Gasteiger partial charge in [0.1, 0.15) is 6.07 Å². The molecule has 1 fully saturated rings. The van der Waals surface area contributed by atoms with Crippen LogP contribution in [-0.4, -0.2) is 22.6 Å². The molecule has 0 saturated heterocycles. The minimum absolute atomic E-state index is 0.0644. The van der Waals surface area contributed by atoms with Crippen molar-refractivity contribution in [2.45, 2.75) is 32.2 Å². The second-order valence-corrected chi connectivity index (χ2v) is 5.95. The van der Waals surface area contributed by atoms with Gasteiger partial charge in [-0.05, 0) is 43.7 Å². The molecule has 0 spiro atoms. The Labute approximate surface area is 129 Å². The summed E-state index contributed by atoms with van der Waals surface area (Å²) in [5, 5.41) is 9.01. The van der Waals surface area contributed by atoms with Crippen LogP contribution in [0.25, 0.3) is 11.0 Å². The monoisotopic (exact) mass is 297 g/mol. The predicted molar refractivity (Wildman–Crippen MR) is 81.9 cm³/mol. The van der Waals surface area contributed by atoms with Crippen LogP contribution in [0.3, 0.4) is 0 Å². The summed E-state index contributed by atoms with van der Waals surface area (Å²) < 4.78 is 7.00. The molecule has 2 heterocycles.